The number of thioether (sulfide) groups is 1. The van der Waals surface area contributed by atoms with Gasteiger partial charge in [0, 0.05) is 16.7 Å². The third kappa shape index (κ3) is 7.17. The summed E-state index contributed by atoms with van der Waals surface area (Å²) >= 11 is 1.00. The fourth-order valence-electron chi connectivity index (χ4n) is 3.63. The zero-order chi connectivity index (χ0) is 25.4. The largest absolute Gasteiger partial charge is 0.206 e. The Kier molecular flexibility index (Phi) is 9.47. The minimum Gasteiger partial charge on any atom is -0.206 e. The first kappa shape index (κ1) is 26.5. The number of hydrogen-bond donors (Lipinski definition) is 0. The molecule has 0 fully saturated rings. The molecule has 0 saturated heterocycles. The van der Waals surface area contributed by atoms with Crippen molar-refractivity contribution in [2.45, 2.75) is 50.8 Å². The topological polar surface area (TPSA) is 0 Å². The van der Waals surface area contributed by atoms with E-state index in [9.17, 15) is 17.6 Å². The van der Waals surface area contributed by atoms with Crippen LogP contribution >= 0.6 is 11.8 Å². The van der Waals surface area contributed by atoms with E-state index in [1.165, 1.54) is 24.3 Å². The van der Waals surface area contributed by atoms with Crippen LogP contribution < -0.4 is 0 Å². The minimum atomic E-state index is -0.658. The number of hydrogen-bond acceptors (Lipinski definition) is 1. The third-order valence-electron chi connectivity index (χ3n) is 5.52. The highest BCUT2D eigenvalue weighted by Gasteiger charge is 2.10. The Morgan fingerprint density at radius 1 is 0.714 bits per heavy atom. The second kappa shape index (κ2) is 12.5. The Morgan fingerprint density at radius 2 is 1.37 bits per heavy atom. The van der Waals surface area contributed by atoms with E-state index in [1.54, 1.807) is 24.5 Å². The van der Waals surface area contributed by atoms with Crippen LogP contribution in [0.1, 0.15) is 66.0 Å². The summed E-state index contributed by atoms with van der Waals surface area (Å²) in [6.45, 7) is 3.94. The first-order valence-corrected chi connectivity index (χ1v) is 12.7. The van der Waals surface area contributed by atoms with E-state index < -0.39 is 23.3 Å². The van der Waals surface area contributed by atoms with Crippen LogP contribution in [0.15, 0.2) is 47.4 Å². The van der Waals surface area contributed by atoms with E-state index in [2.05, 4.69) is 30.6 Å². The van der Waals surface area contributed by atoms with Gasteiger partial charge in [-0.05, 0) is 79.6 Å². The number of aryl methyl sites for hydroxylation is 2. The molecule has 0 bridgehead atoms. The average Bonchev–Trinajstić information content (AvgIpc) is 2.80. The Balaban J connectivity index is 1.77. The molecule has 0 radical (unpaired) electrons. The van der Waals surface area contributed by atoms with Gasteiger partial charge in [-0.15, -0.1) is 11.8 Å². The van der Waals surface area contributed by atoms with Gasteiger partial charge in [0.15, 0.2) is 0 Å². The molecule has 0 aromatic heterocycles. The quantitative estimate of drug-likeness (QED) is 0.144. The summed E-state index contributed by atoms with van der Waals surface area (Å²) in [6.07, 6.45) is 6.41. The molecule has 0 nitrogen and oxygen atoms in total. The highest BCUT2D eigenvalue weighted by Crippen LogP contribution is 2.24. The summed E-state index contributed by atoms with van der Waals surface area (Å²) in [6, 6.07) is 10.3. The number of benzene rings is 3. The molecule has 0 N–H and O–H groups in total. The number of unbranched alkanes of at least 4 members (excludes halogenated alkanes) is 3. The molecule has 180 valence electrons. The van der Waals surface area contributed by atoms with Gasteiger partial charge in [-0.25, -0.2) is 17.6 Å². The number of rotatable bonds is 6. The van der Waals surface area contributed by atoms with E-state index >= 15 is 0 Å². The van der Waals surface area contributed by atoms with Gasteiger partial charge in [0.1, 0.15) is 23.3 Å². The molecule has 0 saturated carbocycles. The van der Waals surface area contributed by atoms with Gasteiger partial charge in [0.2, 0.25) is 0 Å². The van der Waals surface area contributed by atoms with Crippen LogP contribution in [0.4, 0.5) is 17.6 Å². The SMILES string of the molecule is CCCCCCc1cc(F)c(C#Cc2ccc(C#Cc3cc(F)c(SC)c(F)c3)c(C)c2)c(F)c1. The Labute approximate surface area is 209 Å². The lowest BCUT2D eigenvalue weighted by molar-refractivity contribution is 0.540. The zero-order valence-electron chi connectivity index (χ0n) is 20.0. The van der Waals surface area contributed by atoms with Crippen molar-refractivity contribution in [2.24, 2.45) is 0 Å². The van der Waals surface area contributed by atoms with Crippen LogP contribution in [0.5, 0.6) is 0 Å². The van der Waals surface area contributed by atoms with Crippen molar-refractivity contribution in [3.05, 3.63) is 99.1 Å². The lowest BCUT2D eigenvalue weighted by Gasteiger charge is -2.04. The summed E-state index contributed by atoms with van der Waals surface area (Å²) in [5.74, 6) is 8.50. The van der Waals surface area contributed by atoms with Gasteiger partial charge in [-0.1, -0.05) is 49.9 Å². The van der Waals surface area contributed by atoms with Gasteiger partial charge in [-0.2, -0.15) is 0 Å². The monoisotopic (exact) mass is 494 g/mol. The van der Waals surface area contributed by atoms with Gasteiger partial charge >= 0.3 is 0 Å². The summed E-state index contributed by atoms with van der Waals surface area (Å²) in [4.78, 5) is -0.0378. The molecule has 3 aromatic carbocycles. The second-order valence-corrected chi connectivity index (χ2v) is 9.06. The molecule has 0 aliphatic heterocycles. The molecule has 0 amide bonds. The maximum atomic E-state index is 14.5. The van der Waals surface area contributed by atoms with Crippen molar-refractivity contribution >= 4 is 11.8 Å². The first-order chi connectivity index (χ1) is 16.8. The van der Waals surface area contributed by atoms with E-state index in [4.69, 9.17) is 0 Å². The molecular weight excluding hydrogens is 468 g/mol. The molecule has 3 aromatic rings. The van der Waals surface area contributed by atoms with Crippen molar-refractivity contribution < 1.29 is 17.6 Å². The summed E-state index contributed by atoms with van der Waals surface area (Å²) in [7, 11) is 0. The van der Waals surface area contributed by atoms with Crippen LogP contribution in [0.3, 0.4) is 0 Å². The van der Waals surface area contributed by atoms with Gasteiger partial charge < -0.3 is 0 Å². The van der Waals surface area contributed by atoms with E-state index in [0.29, 0.717) is 23.1 Å². The molecular formula is C30H26F4S. The van der Waals surface area contributed by atoms with Gasteiger partial charge in [0.05, 0.1) is 10.5 Å². The normalized spacial score (nSPS) is 10.4. The van der Waals surface area contributed by atoms with E-state index in [1.807, 2.05) is 6.92 Å². The first-order valence-electron chi connectivity index (χ1n) is 11.5. The minimum absolute atomic E-state index is 0.0378. The summed E-state index contributed by atoms with van der Waals surface area (Å²) in [5, 5.41) is 0. The highest BCUT2D eigenvalue weighted by molar-refractivity contribution is 7.98. The van der Waals surface area contributed by atoms with Crippen molar-refractivity contribution in [2.75, 3.05) is 6.26 Å². The molecule has 0 aliphatic rings. The van der Waals surface area contributed by atoms with Crippen molar-refractivity contribution in [1.82, 2.24) is 0 Å². The standard InChI is InChI=1S/C30H26F4S/c1-4-5-6-7-8-22-16-26(31)25(27(32)17-22)14-11-21-9-12-24(20(2)15-21)13-10-23-18-28(33)30(35-3)29(34)19-23/h9,12,15-19H,4-8H2,1-3H3. The van der Waals surface area contributed by atoms with Crippen LogP contribution in [0.2, 0.25) is 0 Å². The second-order valence-electron chi connectivity index (χ2n) is 8.25. The molecule has 0 spiro atoms. The highest BCUT2D eigenvalue weighted by atomic mass is 32.2. The Morgan fingerprint density at radius 3 is 1.97 bits per heavy atom. The lowest BCUT2D eigenvalue weighted by atomic mass is 10.0. The van der Waals surface area contributed by atoms with Crippen molar-refractivity contribution in [3.63, 3.8) is 0 Å². The van der Waals surface area contributed by atoms with Crippen molar-refractivity contribution in [1.29, 1.82) is 0 Å². The summed E-state index contributed by atoms with van der Waals surface area (Å²) in [5.41, 5.74) is 2.66. The van der Waals surface area contributed by atoms with Gasteiger partial charge in [-0.3, -0.25) is 0 Å². The molecule has 0 heterocycles. The van der Waals surface area contributed by atoms with Crippen molar-refractivity contribution in [3.8, 4) is 23.7 Å². The fourth-order valence-corrected chi connectivity index (χ4v) is 4.14. The molecule has 0 aliphatic carbocycles. The Hall–Kier alpha value is -3.15. The van der Waals surface area contributed by atoms with E-state index in [0.717, 1.165) is 43.0 Å². The smallest absolute Gasteiger partial charge is 0.142 e. The molecule has 3 rings (SSSR count). The van der Waals surface area contributed by atoms with E-state index in [-0.39, 0.29) is 16.0 Å². The maximum absolute atomic E-state index is 14.5. The molecule has 5 heteroatoms. The molecule has 0 unspecified atom stereocenters. The van der Waals surface area contributed by atoms with Crippen LogP contribution in [0, 0.1) is 53.9 Å². The van der Waals surface area contributed by atoms with Gasteiger partial charge in [0.25, 0.3) is 0 Å². The molecule has 35 heavy (non-hydrogen) atoms. The predicted molar refractivity (Wildman–Crippen MR) is 135 cm³/mol. The summed E-state index contributed by atoms with van der Waals surface area (Å²) < 4.78 is 56.9. The van der Waals surface area contributed by atoms with Crippen LogP contribution in [-0.2, 0) is 6.42 Å². The lowest BCUT2D eigenvalue weighted by Crippen LogP contribution is -1.95. The Bertz CT molecular complexity index is 1290. The fraction of sp³-hybridized carbons (Fsp3) is 0.267. The zero-order valence-corrected chi connectivity index (χ0v) is 20.8. The molecule has 0 atom stereocenters. The van der Waals surface area contributed by atoms with Crippen LogP contribution in [-0.4, -0.2) is 6.26 Å². The number of halogens is 4. The third-order valence-corrected chi connectivity index (χ3v) is 6.32. The maximum Gasteiger partial charge on any atom is 0.142 e. The average molecular weight is 495 g/mol. The van der Waals surface area contributed by atoms with Crippen LogP contribution in [0.25, 0.3) is 0 Å². The predicted octanol–water partition coefficient (Wildman–Crippen LogP) is 8.20.